The van der Waals surface area contributed by atoms with Gasteiger partial charge < -0.3 is 10.4 Å². The van der Waals surface area contributed by atoms with E-state index in [0.29, 0.717) is 10.7 Å². The fourth-order valence-electron chi connectivity index (χ4n) is 1.77. The molecule has 0 saturated heterocycles. The van der Waals surface area contributed by atoms with Crippen LogP contribution in [0, 0.1) is 12.7 Å². The van der Waals surface area contributed by atoms with Gasteiger partial charge in [-0.15, -0.1) is 11.3 Å². The Balaban J connectivity index is 2.39. The SMILES string of the molecule is Cc1cc(F)cc(NC(C)(C(=O)O)c2nccs2)c1. The summed E-state index contributed by atoms with van der Waals surface area (Å²) in [5, 5.41) is 14.4. The van der Waals surface area contributed by atoms with Crippen LogP contribution in [0.4, 0.5) is 10.1 Å². The van der Waals surface area contributed by atoms with Crippen LogP contribution in [0.5, 0.6) is 0 Å². The highest BCUT2D eigenvalue weighted by Gasteiger charge is 2.37. The van der Waals surface area contributed by atoms with E-state index in [9.17, 15) is 14.3 Å². The topological polar surface area (TPSA) is 62.2 Å². The van der Waals surface area contributed by atoms with Crippen molar-refractivity contribution in [3.63, 3.8) is 0 Å². The van der Waals surface area contributed by atoms with Crippen LogP contribution in [-0.4, -0.2) is 16.1 Å². The number of benzene rings is 1. The van der Waals surface area contributed by atoms with Gasteiger partial charge in [0.1, 0.15) is 10.8 Å². The van der Waals surface area contributed by atoms with Crippen LogP contribution in [-0.2, 0) is 10.3 Å². The Hall–Kier alpha value is -1.95. The number of halogens is 1. The van der Waals surface area contributed by atoms with Crippen LogP contribution < -0.4 is 5.32 Å². The maximum absolute atomic E-state index is 13.3. The summed E-state index contributed by atoms with van der Waals surface area (Å²) in [4.78, 5) is 15.5. The van der Waals surface area contributed by atoms with Gasteiger partial charge in [0.05, 0.1) is 0 Å². The molecular formula is C13H13FN2O2S. The molecule has 0 saturated carbocycles. The Labute approximate surface area is 113 Å². The molecule has 0 radical (unpaired) electrons. The van der Waals surface area contributed by atoms with Crippen LogP contribution in [0.15, 0.2) is 29.8 Å². The number of thiazole rings is 1. The summed E-state index contributed by atoms with van der Waals surface area (Å²) in [6, 6.07) is 4.34. The Morgan fingerprint density at radius 3 is 2.74 bits per heavy atom. The molecule has 1 aromatic heterocycles. The minimum atomic E-state index is -1.38. The predicted octanol–water partition coefficient (Wildman–Crippen LogP) is 3.00. The molecule has 0 aliphatic heterocycles. The molecule has 2 N–H and O–H groups in total. The third-order valence-electron chi connectivity index (χ3n) is 2.72. The highest BCUT2D eigenvalue weighted by molar-refractivity contribution is 7.09. The summed E-state index contributed by atoms with van der Waals surface area (Å²) >= 11 is 1.24. The number of carboxylic acid groups (broad SMARTS) is 1. The van der Waals surface area contributed by atoms with Gasteiger partial charge >= 0.3 is 5.97 Å². The minimum absolute atomic E-state index is 0.408. The number of aryl methyl sites for hydroxylation is 1. The molecule has 0 amide bonds. The van der Waals surface area contributed by atoms with Gasteiger partial charge in [-0.05, 0) is 37.6 Å². The number of nitrogens with one attached hydrogen (secondary N) is 1. The third kappa shape index (κ3) is 2.73. The molecule has 0 bridgehead atoms. The van der Waals surface area contributed by atoms with E-state index in [2.05, 4.69) is 10.3 Å². The number of carbonyl (C=O) groups is 1. The lowest BCUT2D eigenvalue weighted by Gasteiger charge is -2.25. The molecule has 0 fully saturated rings. The van der Waals surface area contributed by atoms with Crippen LogP contribution in [0.1, 0.15) is 17.5 Å². The molecule has 100 valence electrons. The highest BCUT2D eigenvalue weighted by atomic mass is 32.1. The average molecular weight is 280 g/mol. The van der Waals surface area contributed by atoms with Crippen molar-refractivity contribution in [2.75, 3.05) is 5.32 Å². The first-order chi connectivity index (χ1) is 8.91. The second-order valence-corrected chi connectivity index (χ2v) is 5.30. The number of anilines is 1. The van der Waals surface area contributed by atoms with Crippen LogP contribution >= 0.6 is 11.3 Å². The quantitative estimate of drug-likeness (QED) is 0.903. The molecule has 4 nitrogen and oxygen atoms in total. The lowest BCUT2D eigenvalue weighted by atomic mass is 10.0. The Morgan fingerprint density at radius 1 is 1.47 bits per heavy atom. The number of aliphatic carboxylic acids is 1. The summed E-state index contributed by atoms with van der Waals surface area (Å²) in [6.07, 6.45) is 1.54. The summed E-state index contributed by atoms with van der Waals surface area (Å²) < 4.78 is 13.3. The van der Waals surface area contributed by atoms with Crippen molar-refractivity contribution in [3.8, 4) is 0 Å². The number of hydrogen-bond donors (Lipinski definition) is 2. The summed E-state index contributed by atoms with van der Waals surface area (Å²) in [6.45, 7) is 3.25. The van der Waals surface area contributed by atoms with Crippen molar-refractivity contribution in [3.05, 3.63) is 46.2 Å². The number of nitrogens with zero attached hydrogens (tertiary/aromatic N) is 1. The maximum atomic E-state index is 13.3. The Bertz CT molecular complexity index is 580. The molecular weight excluding hydrogens is 267 g/mol. The van der Waals surface area contributed by atoms with Gasteiger partial charge in [0, 0.05) is 17.3 Å². The predicted molar refractivity (Wildman–Crippen MR) is 71.9 cm³/mol. The van der Waals surface area contributed by atoms with E-state index < -0.39 is 17.3 Å². The lowest BCUT2D eigenvalue weighted by Crippen LogP contribution is -2.40. The van der Waals surface area contributed by atoms with Crippen molar-refractivity contribution >= 4 is 23.0 Å². The third-order valence-corrected chi connectivity index (χ3v) is 3.72. The van der Waals surface area contributed by atoms with Crippen LogP contribution in [0.25, 0.3) is 0 Å². The zero-order valence-corrected chi connectivity index (χ0v) is 11.3. The second-order valence-electron chi connectivity index (χ2n) is 4.41. The van der Waals surface area contributed by atoms with Crippen molar-refractivity contribution < 1.29 is 14.3 Å². The van der Waals surface area contributed by atoms with Gasteiger partial charge in [-0.2, -0.15) is 0 Å². The lowest BCUT2D eigenvalue weighted by molar-refractivity contribution is -0.142. The Kier molecular flexibility index (Phi) is 3.53. The first-order valence-electron chi connectivity index (χ1n) is 5.60. The molecule has 6 heteroatoms. The number of rotatable bonds is 4. The molecule has 2 aromatic rings. The first kappa shape index (κ1) is 13.5. The minimum Gasteiger partial charge on any atom is -0.479 e. The van der Waals surface area contributed by atoms with E-state index in [4.69, 9.17) is 0 Å². The van der Waals surface area contributed by atoms with E-state index in [1.807, 2.05) is 0 Å². The number of hydrogen-bond acceptors (Lipinski definition) is 4. The zero-order chi connectivity index (χ0) is 14.0. The maximum Gasteiger partial charge on any atom is 0.336 e. The van der Waals surface area contributed by atoms with Crippen LogP contribution in [0.3, 0.4) is 0 Å². The fraction of sp³-hybridized carbons (Fsp3) is 0.231. The molecule has 1 aromatic carbocycles. The van der Waals surface area contributed by atoms with Gasteiger partial charge in [0.25, 0.3) is 0 Å². The number of carboxylic acids is 1. The van der Waals surface area contributed by atoms with Crippen LogP contribution in [0.2, 0.25) is 0 Å². The van der Waals surface area contributed by atoms with Crippen molar-refractivity contribution in [1.29, 1.82) is 0 Å². The van der Waals surface area contributed by atoms with E-state index in [1.165, 1.54) is 30.4 Å². The van der Waals surface area contributed by atoms with Gasteiger partial charge in [-0.25, -0.2) is 14.2 Å². The highest BCUT2D eigenvalue weighted by Crippen LogP contribution is 2.28. The Morgan fingerprint density at radius 2 is 2.21 bits per heavy atom. The van der Waals surface area contributed by atoms with E-state index in [0.717, 1.165) is 5.56 Å². The monoisotopic (exact) mass is 280 g/mol. The van der Waals surface area contributed by atoms with E-state index in [1.54, 1.807) is 24.6 Å². The average Bonchev–Trinajstić information content (AvgIpc) is 2.80. The van der Waals surface area contributed by atoms with Gasteiger partial charge in [0.15, 0.2) is 5.54 Å². The molecule has 1 atom stereocenters. The normalized spacial score (nSPS) is 13.8. The zero-order valence-electron chi connectivity index (χ0n) is 10.5. The second kappa shape index (κ2) is 4.97. The van der Waals surface area contributed by atoms with E-state index >= 15 is 0 Å². The van der Waals surface area contributed by atoms with Crippen molar-refractivity contribution in [2.24, 2.45) is 0 Å². The standard InChI is InChI=1S/C13H13FN2O2S/c1-8-5-9(14)7-10(6-8)16-13(2,12(17)18)11-15-3-4-19-11/h3-7,16H,1-2H3,(H,17,18). The summed E-state index contributed by atoms with van der Waals surface area (Å²) in [5.74, 6) is -1.47. The van der Waals surface area contributed by atoms with Gasteiger partial charge in [0.2, 0.25) is 0 Å². The molecule has 1 unspecified atom stereocenters. The molecule has 0 aliphatic rings. The molecule has 2 rings (SSSR count). The molecule has 0 aliphatic carbocycles. The first-order valence-corrected chi connectivity index (χ1v) is 6.48. The molecule has 1 heterocycles. The smallest absolute Gasteiger partial charge is 0.336 e. The summed E-state index contributed by atoms with van der Waals surface area (Å²) in [7, 11) is 0. The van der Waals surface area contributed by atoms with Crippen molar-refractivity contribution in [1.82, 2.24) is 4.98 Å². The molecule has 19 heavy (non-hydrogen) atoms. The summed E-state index contributed by atoms with van der Waals surface area (Å²) in [5.41, 5.74) is -0.249. The number of aromatic nitrogens is 1. The molecule has 0 spiro atoms. The van der Waals surface area contributed by atoms with Gasteiger partial charge in [-0.1, -0.05) is 0 Å². The van der Waals surface area contributed by atoms with Gasteiger partial charge in [-0.3, -0.25) is 0 Å². The van der Waals surface area contributed by atoms with E-state index in [-0.39, 0.29) is 0 Å². The largest absolute Gasteiger partial charge is 0.479 e. The van der Waals surface area contributed by atoms with Crippen molar-refractivity contribution in [2.45, 2.75) is 19.4 Å². The fourth-order valence-corrected chi connectivity index (χ4v) is 2.51.